The first-order valence-corrected chi connectivity index (χ1v) is 17.5. The third-order valence-corrected chi connectivity index (χ3v) is 10.7. The Labute approximate surface area is 262 Å². The first-order valence-electron chi connectivity index (χ1n) is 15.9. The van der Waals surface area contributed by atoms with Crippen LogP contribution < -0.4 is 21.6 Å². The van der Waals surface area contributed by atoms with E-state index in [2.05, 4.69) is 15.2 Å². The number of ether oxygens (including phenoxy) is 3. The van der Waals surface area contributed by atoms with Gasteiger partial charge in [-0.3, -0.25) is 18.7 Å². The number of hydrogen-bond acceptors (Lipinski definition) is 11. The van der Waals surface area contributed by atoms with E-state index in [0.29, 0.717) is 0 Å². The van der Waals surface area contributed by atoms with Crippen LogP contribution in [0.4, 0.5) is 10.2 Å². The van der Waals surface area contributed by atoms with Crippen LogP contribution in [-0.2, 0) is 32.9 Å². The Bertz CT molecular complexity index is 1230. The number of nitrogens with zero attached hydrogens (tertiary/aromatic N) is 2. The average Bonchev–Trinajstić information content (AvgIpc) is 3.26. The lowest BCUT2D eigenvalue weighted by Gasteiger charge is -2.34. The van der Waals surface area contributed by atoms with Gasteiger partial charge in [0.25, 0.3) is 0 Å². The molecule has 0 spiro atoms. The summed E-state index contributed by atoms with van der Waals surface area (Å²) in [5.41, 5.74) is 2.91. The van der Waals surface area contributed by atoms with Gasteiger partial charge >= 0.3 is 25.3 Å². The number of nitrogens with two attached hydrogens (primary N) is 1. The molecule has 3 aliphatic rings. The molecule has 0 amide bonds. The number of carbonyl (C=O) groups excluding carboxylic acids is 2. The number of anilines is 1. The van der Waals surface area contributed by atoms with Gasteiger partial charge in [-0.2, -0.15) is 4.98 Å². The number of aliphatic hydroxyl groups excluding tert-OH is 1. The lowest BCUT2D eigenvalue weighted by molar-refractivity contribution is -0.152. The molecule has 2 unspecified atom stereocenters. The van der Waals surface area contributed by atoms with Gasteiger partial charge in [-0.15, -0.1) is 0 Å². The molecule has 1 aliphatic heterocycles. The molecule has 2 aliphatic carbocycles. The predicted octanol–water partition coefficient (Wildman–Crippen LogP) is 3.03. The molecule has 1 aromatic rings. The molecular weight excluding hydrogens is 612 g/mol. The van der Waals surface area contributed by atoms with Crippen molar-refractivity contribution in [1.29, 1.82) is 0 Å². The van der Waals surface area contributed by atoms with Crippen LogP contribution in [-0.4, -0.2) is 75.4 Å². The van der Waals surface area contributed by atoms with Crippen molar-refractivity contribution in [2.75, 3.05) is 12.3 Å². The summed E-state index contributed by atoms with van der Waals surface area (Å²) in [5, 5.41) is 16.3. The summed E-state index contributed by atoms with van der Waals surface area (Å²) < 4.78 is 53.6. The van der Waals surface area contributed by atoms with Gasteiger partial charge in [0.15, 0.2) is 12.4 Å². The maximum Gasteiger partial charge on any atom is 0.351 e. The lowest BCUT2D eigenvalue weighted by Crippen LogP contribution is -2.48. The maximum atomic E-state index is 15.5. The van der Waals surface area contributed by atoms with Gasteiger partial charge in [0.05, 0.1) is 6.61 Å². The smallest absolute Gasteiger partial charge is 0.351 e. The summed E-state index contributed by atoms with van der Waals surface area (Å²) in [7, 11) is -4.32. The number of aromatic nitrogens is 2. The van der Waals surface area contributed by atoms with Gasteiger partial charge in [0.2, 0.25) is 0 Å². The van der Waals surface area contributed by atoms with Gasteiger partial charge in [-0.25, -0.2) is 19.4 Å². The molecule has 0 aromatic carbocycles. The normalized spacial score (nSPS) is 29.0. The van der Waals surface area contributed by atoms with Crippen LogP contribution in [0, 0.1) is 0 Å². The van der Waals surface area contributed by atoms with E-state index < -0.39 is 68.1 Å². The number of rotatable bonds is 13. The van der Waals surface area contributed by atoms with Gasteiger partial charge in [-0.05, 0) is 77.7 Å². The minimum atomic E-state index is -4.32. The highest BCUT2D eigenvalue weighted by molar-refractivity contribution is 7.54. The first-order chi connectivity index (χ1) is 21.4. The van der Waals surface area contributed by atoms with Crippen molar-refractivity contribution in [3.05, 3.63) is 22.7 Å². The van der Waals surface area contributed by atoms with E-state index in [1.807, 2.05) is 0 Å². The van der Waals surface area contributed by atoms with E-state index >= 15 is 4.39 Å². The molecule has 1 aromatic heterocycles. The van der Waals surface area contributed by atoms with E-state index in [0.717, 1.165) is 68.8 Å². The Morgan fingerprint density at radius 3 is 2.07 bits per heavy atom. The first kappa shape index (κ1) is 35.4. The minimum absolute atomic E-state index is 0.0131. The Kier molecular flexibility index (Phi) is 12.2. The molecule has 3 fully saturated rings. The Hall–Kier alpha value is -2.42. The van der Waals surface area contributed by atoms with Gasteiger partial charge in [0, 0.05) is 6.20 Å². The highest BCUT2D eigenvalue weighted by Crippen LogP contribution is 2.46. The monoisotopic (exact) mass is 659 g/mol. The summed E-state index contributed by atoms with van der Waals surface area (Å²) in [5.74, 6) is -1.36. The van der Waals surface area contributed by atoms with Crippen molar-refractivity contribution in [3.63, 3.8) is 0 Å². The standard InChI is InChI=1S/C29H47FN5O9P/c1-4-29(24(36)23(30)25(44-29)35-16-15-22(31)32-28(35)39)17-41-45(40,33-18(2)26(37)42-20-11-7-5-8-12-20)34-19(3)27(38)43-21-13-9-6-10-14-21/h15-16,18-21,23-25,36H,4-14,17H2,1-3H3,(H2,31,32,39)(H2,33,34,40)/t18?,19?,23-,24+,25-,29-,45?/m1/s1. The minimum Gasteiger partial charge on any atom is -0.461 e. The molecule has 254 valence electrons. The molecule has 45 heavy (non-hydrogen) atoms. The number of hydrogen-bond donors (Lipinski definition) is 4. The predicted molar refractivity (Wildman–Crippen MR) is 162 cm³/mol. The SMILES string of the molecule is CC[C@]1(COP(=O)(NC(C)C(=O)OC2CCCCC2)NC(C)C(=O)OC2CCCCC2)O[C@@H](n2ccc(N)nc2=O)[C@H](F)[C@@H]1O. The molecule has 2 heterocycles. The van der Waals surface area contributed by atoms with Crippen LogP contribution >= 0.6 is 7.67 Å². The van der Waals surface area contributed by atoms with Crippen molar-refractivity contribution in [3.8, 4) is 0 Å². The molecular formula is C29H47FN5O9P. The molecule has 0 bridgehead atoms. The second kappa shape index (κ2) is 15.4. The molecule has 16 heteroatoms. The molecule has 1 saturated heterocycles. The fourth-order valence-corrected chi connectivity index (χ4v) is 7.85. The van der Waals surface area contributed by atoms with Crippen LogP contribution in [0.3, 0.4) is 0 Å². The highest BCUT2D eigenvalue weighted by Gasteiger charge is 2.56. The number of halogens is 1. The molecule has 4 rings (SSSR count). The largest absolute Gasteiger partial charge is 0.461 e. The fraction of sp³-hybridized carbons (Fsp3) is 0.793. The van der Waals surface area contributed by atoms with Crippen LogP contribution in [0.2, 0.25) is 0 Å². The Balaban J connectivity index is 1.51. The second-order valence-corrected chi connectivity index (χ2v) is 14.2. The summed E-state index contributed by atoms with van der Waals surface area (Å²) in [4.78, 5) is 41.9. The Morgan fingerprint density at radius 2 is 1.60 bits per heavy atom. The second-order valence-electron chi connectivity index (χ2n) is 12.3. The van der Waals surface area contributed by atoms with Crippen LogP contribution in [0.1, 0.15) is 97.6 Å². The molecule has 0 radical (unpaired) electrons. The topological polar surface area (TPSA) is 193 Å². The van der Waals surface area contributed by atoms with E-state index in [4.69, 9.17) is 24.5 Å². The van der Waals surface area contributed by atoms with Crippen molar-refractivity contribution >= 4 is 25.4 Å². The highest BCUT2D eigenvalue weighted by atomic mass is 31.2. The molecule has 6 atom stereocenters. The zero-order valence-corrected chi connectivity index (χ0v) is 27.1. The van der Waals surface area contributed by atoms with E-state index in [-0.39, 0.29) is 24.4 Å². The third kappa shape index (κ3) is 8.89. The van der Waals surface area contributed by atoms with E-state index in [9.17, 15) is 24.1 Å². The van der Waals surface area contributed by atoms with Crippen LogP contribution in [0.15, 0.2) is 17.1 Å². The number of alkyl halides is 1. The zero-order valence-electron chi connectivity index (χ0n) is 26.2. The third-order valence-electron chi connectivity index (χ3n) is 8.79. The average molecular weight is 660 g/mol. The van der Waals surface area contributed by atoms with Crippen LogP contribution in [0.5, 0.6) is 0 Å². The van der Waals surface area contributed by atoms with Crippen molar-refractivity contribution in [2.24, 2.45) is 0 Å². The van der Waals surface area contributed by atoms with Crippen molar-refractivity contribution in [1.82, 2.24) is 19.7 Å². The van der Waals surface area contributed by atoms with Gasteiger partial charge in [-0.1, -0.05) is 19.8 Å². The summed E-state index contributed by atoms with van der Waals surface area (Å²) in [6.45, 7) is 3.88. The summed E-state index contributed by atoms with van der Waals surface area (Å²) in [6, 6.07) is -0.963. The zero-order chi connectivity index (χ0) is 32.8. The quantitative estimate of drug-likeness (QED) is 0.179. The maximum absolute atomic E-state index is 15.5. The summed E-state index contributed by atoms with van der Waals surface area (Å²) in [6.07, 6.45) is 4.12. The number of nitrogen functional groups attached to an aromatic ring is 1. The van der Waals surface area contributed by atoms with Gasteiger partial charge < -0.3 is 29.6 Å². The fourth-order valence-electron chi connectivity index (χ4n) is 5.99. The van der Waals surface area contributed by atoms with Gasteiger partial charge in [0.1, 0.15) is 41.8 Å². The van der Waals surface area contributed by atoms with Crippen molar-refractivity contribution in [2.45, 2.75) is 140 Å². The number of aliphatic hydroxyl groups is 1. The van der Waals surface area contributed by atoms with Crippen LogP contribution in [0.25, 0.3) is 0 Å². The number of nitrogens with one attached hydrogen (secondary N) is 2. The number of carbonyl (C=O) groups is 2. The molecule has 2 saturated carbocycles. The molecule has 5 N–H and O–H groups in total. The number of esters is 2. The Morgan fingerprint density at radius 1 is 1.09 bits per heavy atom. The lowest BCUT2D eigenvalue weighted by atomic mass is 9.94. The molecule has 14 nitrogen and oxygen atoms in total. The van der Waals surface area contributed by atoms with E-state index in [1.54, 1.807) is 6.92 Å². The summed E-state index contributed by atoms with van der Waals surface area (Å²) >= 11 is 0. The van der Waals surface area contributed by atoms with Crippen molar-refractivity contribution < 1.29 is 42.4 Å². The van der Waals surface area contributed by atoms with E-state index in [1.165, 1.54) is 26.1 Å².